The van der Waals surface area contributed by atoms with E-state index in [1.807, 2.05) is 49.5 Å². The third kappa shape index (κ3) is 6.94. The van der Waals surface area contributed by atoms with E-state index in [2.05, 4.69) is 10.6 Å². The van der Waals surface area contributed by atoms with Crippen LogP contribution in [0.25, 0.3) is 0 Å². The van der Waals surface area contributed by atoms with Gasteiger partial charge in [-0.05, 0) is 24.1 Å². The van der Waals surface area contributed by atoms with Crippen molar-refractivity contribution in [2.75, 3.05) is 39.1 Å². The van der Waals surface area contributed by atoms with Crippen molar-refractivity contribution in [3.8, 4) is 5.75 Å². The van der Waals surface area contributed by atoms with Gasteiger partial charge >= 0.3 is 0 Å². The van der Waals surface area contributed by atoms with Gasteiger partial charge < -0.3 is 20.3 Å². The summed E-state index contributed by atoms with van der Waals surface area (Å²) in [6, 6.07) is 17.2. The van der Waals surface area contributed by atoms with E-state index < -0.39 is 0 Å². The molecule has 2 aromatic rings. The van der Waals surface area contributed by atoms with Crippen molar-refractivity contribution >= 4 is 17.5 Å². The molecule has 0 heterocycles. The summed E-state index contributed by atoms with van der Waals surface area (Å²) in [5.74, 6) is 0.474. The van der Waals surface area contributed by atoms with E-state index in [1.54, 1.807) is 19.2 Å². The summed E-state index contributed by atoms with van der Waals surface area (Å²) in [6.07, 6.45) is 0.794. The number of carbonyl (C=O) groups excluding carboxylic acids is 2. The fraction of sp³-hybridized carbons (Fsp3) is 0.300. The fourth-order valence-electron chi connectivity index (χ4n) is 2.57. The smallest absolute Gasteiger partial charge is 0.279 e. The number of anilines is 1. The third-order valence-corrected chi connectivity index (χ3v) is 3.86. The summed E-state index contributed by atoms with van der Waals surface area (Å²) in [4.78, 5) is 24.9. The monoisotopic (exact) mass is 356 g/mol. The van der Waals surface area contributed by atoms with Crippen LogP contribution in [0, 0.1) is 0 Å². The molecule has 0 radical (unpaired) electrons. The number of ether oxygens (including phenoxy) is 1. The van der Waals surface area contributed by atoms with Crippen LogP contribution < -0.4 is 20.3 Å². The Hall–Kier alpha value is -2.86. The van der Waals surface area contributed by atoms with Crippen molar-refractivity contribution in [2.45, 2.75) is 6.42 Å². The lowest BCUT2D eigenvalue weighted by Crippen LogP contribution is -3.11. The Balaban J connectivity index is 1.68. The lowest BCUT2D eigenvalue weighted by molar-refractivity contribution is -0.862. The Morgan fingerprint density at radius 1 is 1.00 bits per heavy atom. The molecule has 0 saturated carbocycles. The molecule has 0 fully saturated rings. The minimum absolute atomic E-state index is 0.0624. The van der Waals surface area contributed by atoms with Crippen LogP contribution in [0.4, 0.5) is 5.69 Å². The molecule has 2 amide bonds. The van der Waals surface area contributed by atoms with Crippen LogP contribution in [-0.4, -0.2) is 45.6 Å². The Kier molecular flexibility index (Phi) is 7.64. The molecule has 138 valence electrons. The minimum Gasteiger partial charge on any atom is -0.497 e. The topological polar surface area (TPSA) is 71.9 Å². The van der Waals surface area contributed by atoms with E-state index in [9.17, 15) is 9.59 Å². The molecular weight excluding hydrogens is 330 g/mol. The number of amides is 2. The molecule has 1 unspecified atom stereocenters. The maximum atomic E-state index is 12.1. The zero-order valence-corrected chi connectivity index (χ0v) is 15.2. The van der Waals surface area contributed by atoms with Crippen molar-refractivity contribution in [2.24, 2.45) is 0 Å². The van der Waals surface area contributed by atoms with Crippen LogP contribution in [0.2, 0.25) is 0 Å². The molecule has 2 aromatic carbocycles. The first kappa shape index (κ1) is 19.5. The normalized spacial score (nSPS) is 11.5. The molecule has 26 heavy (non-hydrogen) atoms. The van der Waals surface area contributed by atoms with E-state index in [-0.39, 0.29) is 24.9 Å². The molecule has 2 rings (SSSR count). The van der Waals surface area contributed by atoms with Gasteiger partial charge in [0.1, 0.15) is 5.75 Å². The third-order valence-electron chi connectivity index (χ3n) is 3.86. The molecule has 1 atom stereocenters. The van der Waals surface area contributed by atoms with Gasteiger partial charge in [-0.3, -0.25) is 9.59 Å². The Labute approximate surface area is 154 Å². The summed E-state index contributed by atoms with van der Waals surface area (Å²) in [5, 5.41) is 5.71. The van der Waals surface area contributed by atoms with Crippen molar-refractivity contribution in [1.82, 2.24) is 5.32 Å². The number of rotatable bonds is 9. The minimum atomic E-state index is -0.146. The Morgan fingerprint density at radius 2 is 1.73 bits per heavy atom. The van der Waals surface area contributed by atoms with E-state index in [0.717, 1.165) is 11.3 Å². The molecular formula is C20H26N3O3+. The van der Waals surface area contributed by atoms with Crippen molar-refractivity contribution < 1.29 is 19.2 Å². The number of benzene rings is 2. The molecule has 6 heteroatoms. The summed E-state index contributed by atoms with van der Waals surface area (Å²) < 4.78 is 5.13. The highest BCUT2D eigenvalue weighted by atomic mass is 16.5. The second-order valence-electron chi connectivity index (χ2n) is 6.18. The van der Waals surface area contributed by atoms with Gasteiger partial charge in [0.25, 0.3) is 11.8 Å². The van der Waals surface area contributed by atoms with Gasteiger partial charge in [0.15, 0.2) is 13.1 Å². The van der Waals surface area contributed by atoms with Crippen LogP contribution in [0.1, 0.15) is 5.56 Å². The summed E-state index contributed by atoms with van der Waals surface area (Å²) in [6.45, 7) is 1.05. The maximum absolute atomic E-state index is 12.1. The molecule has 0 aromatic heterocycles. The molecule has 0 bridgehead atoms. The standard InChI is InChI=1S/C20H25N3O3/c1-23(14-19(24)21-12-11-16-7-4-3-5-8-16)15-20(25)22-17-9-6-10-18(13-17)26-2/h3-10,13H,11-12,14-15H2,1-2H3,(H,21,24)(H,22,25)/p+1. The van der Waals surface area contributed by atoms with Crippen molar-refractivity contribution in [3.63, 3.8) is 0 Å². The summed E-state index contributed by atoms with van der Waals surface area (Å²) in [5.41, 5.74) is 1.86. The SMILES string of the molecule is COc1cccc(NC(=O)C[NH+](C)CC(=O)NCCc2ccccc2)c1. The number of hydrogen-bond acceptors (Lipinski definition) is 3. The second-order valence-corrected chi connectivity index (χ2v) is 6.18. The molecule has 0 spiro atoms. The number of nitrogens with one attached hydrogen (secondary N) is 3. The number of likely N-dealkylation sites (N-methyl/N-ethyl adjacent to an activating group) is 1. The van der Waals surface area contributed by atoms with Crippen LogP contribution in [-0.2, 0) is 16.0 Å². The first-order chi connectivity index (χ1) is 12.6. The first-order valence-corrected chi connectivity index (χ1v) is 8.62. The lowest BCUT2D eigenvalue weighted by atomic mass is 10.1. The van der Waals surface area contributed by atoms with Crippen LogP contribution in [0.15, 0.2) is 54.6 Å². The predicted octanol–water partition coefficient (Wildman–Crippen LogP) is 0.507. The highest BCUT2D eigenvalue weighted by Crippen LogP contribution is 2.16. The summed E-state index contributed by atoms with van der Waals surface area (Å²) in [7, 11) is 3.40. The molecule has 3 N–H and O–H groups in total. The molecule has 0 aliphatic carbocycles. The van der Waals surface area contributed by atoms with E-state index in [0.29, 0.717) is 18.0 Å². The average molecular weight is 356 g/mol. The van der Waals surface area contributed by atoms with Crippen LogP contribution in [0.5, 0.6) is 5.75 Å². The zero-order valence-electron chi connectivity index (χ0n) is 15.2. The Morgan fingerprint density at radius 3 is 2.46 bits per heavy atom. The zero-order chi connectivity index (χ0) is 18.8. The lowest BCUT2D eigenvalue weighted by Gasteiger charge is -2.14. The first-order valence-electron chi connectivity index (χ1n) is 8.62. The van der Waals surface area contributed by atoms with Gasteiger partial charge in [0, 0.05) is 18.3 Å². The second kappa shape index (κ2) is 10.2. The number of hydrogen-bond donors (Lipinski definition) is 3. The van der Waals surface area contributed by atoms with Crippen LogP contribution in [0.3, 0.4) is 0 Å². The highest BCUT2D eigenvalue weighted by Gasteiger charge is 2.14. The maximum Gasteiger partial charge on any atom is 0.279 e. The van der Waals surface area contributed by atoms with Crippen molar-refractivity contribution in [3.05, 3.63) is 60.2 Å². The van der Waals surface area contributed by atoms with Crippen molar-refractivity contribution in [1.29, 1.82) is 0 Å². The average Bonchev–Trinajstić information content (AvgIpc) is 2.62. The summed E-state index contributed by atoms with van der Waals surface area (Å²) >= 11 is 0. The van der Waals surface area contributed by atoms with E-state index >= 15 is 0 Å². The van der Waals surface area contributed by atoms with Gasteiger partial charge in [0.05, 0.1) is 14.2 Å². The predicted molar refractivity (Wildman–Crippen MR) is 101 cm³/mol. The molecule has 0 aliphatic heterocycles. The molecule has 0 aliphatic rings. The largest absolute Gasteiger partial charge is 0.497 e. The highest BCUT2D eigenvalue weighted by molar-refractivity contribution is 5.91. The van der Waals surface area contributed by atoms with Crippen LogP contribution >= 0.6 is 0 Å². The van der Waals surface area contributed by atoms with Gasteiger partial charge in [-0.1, -0.05) is 36.4 Å². The van der Waals surface area contributed by atoms with E-state index in [4.69, 9.17) is 4.74 Å². The molecule has 0 saturated heterocycles. The molecule has 6 nitrogen and oxygen atoms in total. The fourth-order valence-corrected chi connectivity index (χ4v) is 2.57. The Bertz CT molecular complexity index is 719. The van der Waals surface area contributed by atoms with Gasteiger partial charge in [0.2, 0.25) is 0 Å². The number of quaternary nitrogens is 1. The van der Waals surface area contributed by atoms with Gasteiger partial charge in [-0.25, -0.2) is 0 Å². The van der Waals surface area contributed by atoms with E-state index in [1.165, 1.54) is 5.56 Å². The number of carbonyl (C=O) groups is 2. The van der Waals surface area contributed by atoms with Gasteiger partial charge in [-0.15, -0.1) is 0 Å². The van der Waals surface area contributed by atoms with Gasteiger partial charge in [-0.2, -0.15) is 0 Å². The number of methoxy groups -OCH3 is 1. The quantitative estimate of drug-likeness (QED) is 0.613.